The summed E-state index contributed by atoms with van der Waals surface area (Å²) in [6, 6.07) is 1.30. The van der Waals surface area contributed by atoms with E-state index in [-0.39, 0.29) is 6.09 Å². The van der Waals surface area contributed by atoms with Crippen LogP contribution in [0.5, 0.6) is 0 Å². The van der Waals surface area contributed by atoms with Crippen LogP contribution in [-0.4, -0.2) is 72.1 Å². The minimum Gasteiger partial charge on any atom is -0.444 e. The molecule has 3 rings (SSSR count). The van der Waals surface area contributed by atoms with Gasteiger partial charge in [0.15, 0.2) is 0 Å². The first-order chi connectivity index (χ1) is 10.4. The van der Waals surface area contributed by atoms with Crippen LogP contribution in [0.1, 0.15) is 40.0 Å². The SMILES string of the molecule is CC(C)(C)OC(=O)N1CCN=C(NC2CCN(C3CC3)C2)C1. The van der Waals surface area contributed by atoms with E-state index >= 15 is 0 Å². The van der Waals surface area contributed by atoms with Gasteiger partial charge in [-0.25, -0.2) is 4.79 Å². The van der Waals surface area contributed by atoms with Crippen molar-refractivity contribution in [2.24, 2.45) is 4.99 Å². The van der Waals surface area contributed by atoms with Crippen LogP contribution in [0.2, 0.25) is 0 Å². The van der Waals surface area contributed by atoms with Crippen LogP contribution >= 0.6 is 0 Å². The van der Waals surface area contributed by atoms with Crippen molar-refractivity contribution >= 4 is 11.9 Å². The molecule has 2 aliphatic heterocycles. The Morgan fingerprint density at radius 2 is 2.05 bits per heavy atom. The number of aliphatic imine (C=N–C) groups is 1. The minimum absolute atomic E-state index is 0.243. The highest BCUT2D eigenvalue weighted by molar-refractivity contribution is 5.88. The second-order valence-electron chi connectivity index (χ2n) is 7.59. The third kappa shape index (κ3) is 4.12. The van der Waals surface area contributed by atoms with Gasteiger partial charge in [0, 0.05) is 31.7 Å². The third-order valence-electron chi connectivity index (χ3n) is 4.32. The molecular weight excluding hydrogens is 280 g/mol. The summed E-state index contributed by atoms with van der Waals surface area (Å²) < 4.78 is 5.45. The highest BCUT2D eigenvalue weighted by atomic mass is 16.6. The molecule has 3 aliphatic rings. The van der Waals surface area contributed by atoms with E-state index in [0.717, 1.165) is 18.4 Å². The molecular formula is C16H28N4O2. The van der Waals surface area contributed by atoms with E-state index < -0.39 is 5.60 Å². The lowest BCUT2D eigenvalue weighted by Gasteiger charge is -2.30. The van der Waals surface area contributed by atoms with Crippen LogP contribution in [0.3, 0.4) is 0 Å². The molecule has 6 heteroatoms. The van der Waals surface area contributed by atoms with Crippen LogP contribution in [0.4, 0.5) is 4.79 Å². The molecule has 1 atom stereocenters. The lowest BCUT2D eigenvalue weighted by molar-refractivity contribution is 0.0276. The van der Waals surface area contributed by atoms with Gasteiger partial charge < -0.3 is 10.1 Å². The van der Waals surface area contributed by atoms with E-state index in [9.17, 15) is 4.79 Å². The van der Waals surface area contributed by atoms with Gasteiger partial charge in [-0.15, -0.1) is 0 Å². The molecule has 2 heterocycles. The smallest absolute Gasteiger partial charge is 0.410 e. The van der Waals surface area contributed by atoms with Crippen LogP contribution in [0.25, 0.3) is 0 Å². The molecule has 22 heavy (non-hydrogen) atoms. The maximum Gasteiger partial charge on any atom is 0.410 e. The van der Waals surface area contributed by atoms with Gasteiger partial charge in [0.25, 0.3) is 0 Å². The largest absolute Gasteiger partial charge is 0.444 e. The first-order valence-electron chi connectivity index (χ1n) is 8.42. The topological polar surface area (TPSA) is 57.2 Å². The van der Waals surface area contributed by atoms with E-state index in [0.29, 0.717) is 25.7 Å². The molecule has 1 amide bonds. The number of rotatable bonds is 2. The van der Waals surface area contributed by atoms with E-state index in [1.165, 1.54) is 25.8 Å². The predicted octanol–water partition coefficient (Wildman–Crippen LogP) is 1.46. The van der Waals surface area contributed by atoms with Crippen LogP contribution in [0, 0.1) is 0 Å². The Morgan fingerprint density at radius 1 is 1.27 bits per heavy atom. The van der Waals surface area contributed by atoms with Gasteiger partial charge >= 0.3 is 6.09 Å². The Bertz CT molecular complexity index is 454. The van der Waals surface area contributed by atoms with Crippen molar-refractivity contribution < 1.29 is 9.53 Å². The summed E-state index contributed by atoms with van der Waals surface area (Å²) in [5.41, 5.74) is -0.449. The highest BCUT2D eigenvalue weighted by Gasteiger charge is 2.35. The number of carbonyl (C=O) groups excluding carboxylic acids is 1. The van der Waals surface area contributed by atoms with E-state index in [1.807, 2.05) is 20.8 Å². The Hall–Kier alpha value is -1.30. The molecule has 1 N–H and O–H groups in total. The molecule has 0 radical (unpaired) electrons. The Labute approximate surface area is 132 Å². The van der Waals surface area contributed by atoms with Crippen molar-refractivity contribution in [3.63, 3.8) is 0 Å². The molecule has 0 aromatic heterocycles. The zero-order valence-electron chi connectivity index (χ0n) is 14.0. The van der Waals surface area contributed by atoms with Gasteiger partial charge in [0.2, 0.25) is 0 Å². The molecule has 1 saturated heterocycles. The van der Waals surface area contributed by atoms with Crippen molar-refractivity contribution in [3.8, 4) is 0 Å². The summed E-state index contributed by atoms with van der Waals surface area (Å²) in [5, 5.41) is 3.54. The lowest BCUT2D eigenvalue weighted by atomic mass is 10.2. The summed E-state index contributed by atoms with van der Waals surface area (Å²) >= 11 is 0. The van der Waals surface area contributed by atoms with Crippen molar-refractivity contribution in [1.29, 1.82) is 0 Å². The zero-order chi connectivity index (χ0) is 15.7. The molecule has 1 saturated carbocycles. The van der Waals surface area contributed by atoms with Gasteiger partial charge in [-0.1, -0.05) is 0 Å². The molecule has 124 valence electrons. The number of amides is 1. The molecule has 0 aromatic rings. The average Bonchev–Trinajstić information content (AvgIpc) is 3.18. The van der Waals surface area contributed by atoms with Gasteiger partial charge in [-0.3, -0.25) is 14.8 Å². The number of amidine groups is 1. The fraction of sp³-hybridized carbons (Fsp3) is 0.875. The number of hydrogen-bond donors (Lipinski definition) is 1. The molecule has 0 bridgehead atoms. The van der Waals surface area contributed by atoms with Crippen molar-refractivity contribution in [1.82, 2.24) is 15.1 Å². The van der Waals surface area contributed by atoms with E-state index in [2.05, 4.69) is 15.2 Å². The maximum atomic E-state index is 12.2. The number of likely N-dealkylation sites (tertiary alicyclic amines) is 1. The monoisotopic (exact) mass is 308 g/mol. The van der Waals surface area contributed by atoms with E-state index in [1.54, 1.807) is 4.90 Å². The van der Waals surface area contributed by atoms with E-state index in [4.69, 9.17) is 4.74 Å². The summed E-state index contributed by atoms with van der Waals surface area (Å²) in [4.78, 5) is 21.0. The first kappa shape index (κ1) is 15.6. The van der Waals surface area contributed by atoms with Gasteiger partial charge in [-0.05, 0) is 40.0 Å². The number of hydrogen-bond acceptors (Lipinski definition) is 5. The predicted molar refractivity (Wildman–Crippen MR) is 86.2 cm³/mol. The number of nitrogens with zero attached hydrogens (tertiary/aromatic N) is 3. The molecule has 2 fully saturated rings. The van der Waals surface area contributed by atoms with Crippen LogP contribution in [0.15, 0.2) is 4.99 Å². The summed E-state index contributed by atoms with van der Waals surface area (Å²) in [5.74, 6) is 0.930. The minimum atomic E-state index is -0.449. The van der Waals surface area contributed by atoms with Crippen LogP contribution in [-0.2, 0) is 4.74 Å². The molecule has 0 spiro atoms. The standard InChI is InChI=1S/C16H28N4O2/c1-16(2,3)22-15(21)20-9-7-17-14(11-20)18-12-6-8-19(10-12)13-4-5-13/h12-13H,4-11H2,1-3H3,(H,17,18). The fourth-order valence-corrected chi connectivity index (χ4v) is 3.10. The second kappa shape index (κ2) is 6.07. The van der Waals surface area contributed by atoms with Crippen molar-refractivity contribution in [2.45, 2.75) is 57.7 Å². The Morgan fingerprint density at radius 3 is 2.73 bits per heavy atom. The summed E-state index contributed by atoms with van der Waals surface area (Å²) in [6.45, 7) is 9.81. The average molecular weight is 308 g/mol. The third-order valence-corrected chi connectivity index (χ3v) is 4.32. The molecule has 0 aromatic carbocycles. The number of nitrogens with one attached hydrogen (secondary N) is 1. The normalized spacial score (nSPS) is 26.8. The Balaban J connectivity index is 1.48. The number of ether oxygens (including phenoxy) is 1. The Kier molecular flexibility index (Phi) is 4.30. The van der Waals surface area contributed by atoms with Crippen LogP contribution < -0.4 is 5.32 Å². The summed E-state index contributed by atoms with van der Waals surface area (Å²) in [6.07, 6.45) is 3.65. The molecule has 1 aliphatic carbocycles. The summed E-state index contributed by atoms with van der Waals surface area (Å²) in [7, 11) is 0. The van der Waals surface area contributed by atoms with Crippen molar-refractivity contribution in [2.75, 3.05) is 32.7 Å². The lowest BCUT2D eigenvalue weighted by Crippen LogP contribution is -2.49. The fourth-order valence-electron chi connectivity index (χ4n) is 3.10. The first-order valence-corrected chi connectivity index (χ1v) is 8.42. The molecule has 6 nitrogen and oxygen atoms in total. The van der Waals surface area contributed by atoms with Gasteiger partial charge in [-0.2, -0.15) is 0 Å². The van der Waals surface area contributed by atoms with Gasteiger partial charge in [0.1, 0.15) is 11.4 Å². The maximum absolute atomic E-state index is 12.2. The van der Waals surface area contributed by atoms with Crippen molar-refractivity contribution in [3.05, 3.63) is 0 Å². The second-order valence-corrected chi connectivity index (χ2v) is 7.59. The molecule has 1 unspecified atom stereocenters. The zero-order valence-corrected chi connectivity index (χ0v) is 14.0. The highest BCUT2D eigenvalue weighted by Crippen LogP contribution is 2.29. The number of carbonyl (C=O) groups is 1. The quantitative estimate of drug-likeness (QED) is 0.839. The van der Waals surface area contributed by atoms with Gasteiger partial charge in [0.05, 0.1) is 13.1 Å².